The van der Waals surface area contributed by atoms with E-state index in [-0.39, 0.29) is 9.95 Å². The van der Waals surface area contributed by atoms with E-state index in [2.05, 4.69) is 12.2 Å². The molecule has 7 heteroatoms. The molecule has 0 saturated heterocycles. The minimum Gasteiger partial charge on any atom is -0.479 e. The first-order valence-electron chi connectivity index (χ1n) is 2.81. The average Bonchev–Trinajstić information content (AvgIpc) is 1.98. The number of nitrogens with two attached hydrogens (primary N) is 1. The number of carbonyl (C=O) groups is 2. The standard InChI is InChI=1S/C5H7NO4S2/c6-2(7)1-12-5(11)3(8)4(9)10/h3,8H,1H2,(H2,6,7)(H,9,10). The van der Waals surface area contributed by atoms with Crippen molar-refractivity contribution in [1.82, 2.24) is 0 Å². The summed E-state index contributed by atoms with van der Waals surface area (Å²) >= 11 is 5.24. The lowest BCUT2D eigenvalue weighted by Gasteiger charge is -2.04. The molecular formula is C5H7NO4S2. The van der Waals surface area contributed by atoms with Gasteiger partial charge in [0.05, 0.1) is 9.95 Å². The maximum Gasteiger partial charge on any atom is 0.338 e. The Labute approximate surface area is 77.9 Å². The Morgan fingerprint density at radius 2 is 2.08 bits per heavy atom. The number of aliphatic carboxylic acids is 1. The molecule has 0 aromatic carbocycles. The molecule has 0 aliphatic rings. The number of primary amides is 1. The first kappa shape index (κ1) is 11.3. The van der Waals surface area contributed by atoms with Crippen LogP contribution in [0.3, 0.4) is 0 Å². The Bertz CT molecular complexity index is 217. The molecule has 12 heavy (non-hydrogen) atoms. The fraction of sp³-hybridized carbons (Fsp3) is 0.400. The molecule has 0 radical (unpaired) electrons. The molecule has 0 aliphatic heterocycles. The van der Waals surface area contributed by atoms with E-state index in [0.29, 0.717) is 0 Å². The monoisotopic (exact) mass is 209 g/mol. The molecule has 0 spiro atoms. The van der Waals surface area contributed by atoms with Crippen LogP contribution in [0.1, 0.15) is 0 Å². The number of thioether (sulfide) groups is 1. The number of carboxylic acids is 1. The van der Waals surface area contributed by atoms with Crippen LogP contribution in [0.4, 0.5) is 0 Å². The van der Waals surface area contributed by atoms with Gasteiger partial charge in [0.15, 0.2) is 6.10 Å². The van der Waals surface area contributed by atoms with Crippen LogP contribution < -0.4 is 5.73 Å². The fourth-order valence-corrected chi connectivity index (χ4v) is 1.14. The number of carbonyl (C=O) groups excluding carboxylic acids is 1. The maximum absolute atomic E-state index is 10.2. The van der Waals surface area contributed by atoms with Gasteiger partial charge in [-0.05, 0) is 0 Å². The van der Waals surface area contributed by atoms with E-state index < -0.39 is 18.0 Å². The highest BCUT2D eigenvalue weighted by Crippen LogP contribution is 2.07. The van der Waals surface area contributed by atoms with Crippen LogP contribution in [0.2, 0.25) is 0 Å². The van der Waals surface area contributed by atoms with Crippen molar-refractivity contribution >= 4 is 40.1 Å². The predicted molar refractivity (Wildman–Crippen MR) is 47.9 cm³/mol. The highest BCUT2D eigenvalue weighted by Gasteiger charge is 2.19. The van der Waals surface area contributed by atoms with Gasteiger partial charge in [0.25, 0.3) is 0 Å². The van der Waals surface area contributed by atoms with Crippen LogP contribution in [0.25, 0.3) is 0 Å². The molecule has 0 aromatic heterocycles. The molecule has 1 atom stereocenters. The number of aliphatic hydroxyl groups is 1. The van der Waals surface area contributed by atoms with Crippen molar-refractivity contribution < 1.29 is 19.8 Å². The fourth-order valence-electron chi connectivity index (χ4n) is 0.322. The lowest BCUT2D eigenvalue weighted by molar-refractivity contribution is -0.142. The predicted octanol–water partition coefficient (Wildman–Crippen LogP) is -1.02. The number of amides is 1. The molecule has 0 saturated carbocycles. The first-order valence-corrected chi connectivity index (χ1v) is 4.20. The Hall–Kier alpha value is -0.660. The second-order valence-electron chi connectivity index (χ2n) is 1.81. The molecule has 0 bridgehead atoms. The number of carboxylic acid groups (broad SMARTS) is 1. The molecule has 0 aromatic rings. The van der Waals surface area contributed by atoms with Gasteiger partial charge in [-0.2, -0.15) is 0 Å². The van der Waals surface area contributed by atoms with E-state index in [0.717, 1.165) is 11.8 Å². The van der Waals surface area contributed by atoms with E-state index in [1.807, 2.05) is 0 Å². The zero-order chi connectivity index (χ0) is 9.72. The van der Waals surface area contributed by atoms with E-state index >= 15 is 0 Å². The van der Waals surface area contributed by atoms with Crippen LogP contribution in [0.5, 0.6) is 0 Å². The normalized spacial score (nSPS) is 12.1. The Kier molecular flexibility index (Phi) is 4.79. The van der Waals surface area contributed by atoms with Crippen molar-refractivity contribution in [3.8, 4) is 0 Å². The van der Waals surface area contributed by atoms with Crippen LogP contribution in [0, 0.1) is 0 Å². The lowest BCUT2D eigenvalue weighted by Crippen LogP contribution is -2.27. The molecule has 1 amide bonds. The third kappa shape index (κ3) is 4.27. The third-order valence-electron chi connectivity index (χ3n) is 0.814. The van der Waals surface area contributed by atoms with Crippen LogP contribution >= 0.6 is 24.0 Å². The quantitative estimate of drug-likeness (QED) is 0.512. The van der Waals surface area contributed by atoms with Gasteiger partial charge < -0.3 is 15.9 Å². The maximum atomic E-state index is 10.2. The molecule has 68 valence electrons. The van der Waals surface area contributed by atoms with Crippen molar-refractivity contribution in [3.63, 3.8) is 0 Å². The molecule has 0 aliphatic carbocycles. The largest absolute Gasteiger partial charge is 0.479 e. The summed E-state index contributed by atoms with van der Waals surface area (Å²) in [6.45, 7) is 0. The van der Waals surface area contributed by atoms with Crippen LogP contribution in [-0.2, 0) is 9.59 Å². The summed E-state index contributed by atoms with van der Waals surface area (Å²) in [6.07, 6.45) is -1.72. The molecule has 0 fully saturated rings. The van der Waals surface area contributed by atoms with Gasteiger partial charge in [-0.15, -0.1) is 11.8 Å². The average molecular weight is 209 g/mol. The number of hydrogen-bond acceptors (Lipinski definition) is 5. The number of rotatable bonds is 4. The minimum atomic E-state index is -1.72. The van der Waals surface area contributed by atoms with Crippen molar-refractivity contribution in [2.24, 2.45) is 5.73 Å². The highest BCUT2D eigenvalue weighted by atomic mass is 32.2. The van der Waals surface area contributed by atoms with Crippen molar-refractivity contribution in [2.75, 3.05) is 5.75 Å². The van der Waals surface area contributed by atoms with E-state index in [9.17, 15) is 9.59 Å². The zero-order valence-electron chi connectivity index (χ0n) is 5.89. The van der Waals surface area contributed by atoms with E-state index in [1.165, 1.54) is 0 Å². The molecule has 0 heterocycles. The van der Waals surface area contributed by atoms with Gasteiger partial charge in [-0.3, -0.25) is 4.79 Å². The van der Waals surface area contributed by atoms with Crippen molar-refractivity contribution in [1.29, 1.82) is 0 Å². The molecular weight excluding hydrogens is 202 g/mol. The molecule has 4 N–H and O–H groups in total. The zero-order valence-corrected chi connectivity index (χ0v) is 7.52. The van der Waals surface area contributed by atoms with Crippen LogP contribution in [0.15, 0.2) is 0 Å². The summed E-state index contributed by atoms with van der Waals surface area (Å²) in [7, 11) is 0. The van der Waals surface area contributed by atoms with Gasteiger partial charge in [0.2, 0.25) is 5.91 Å². The van der Waals surface area contributed by atoms with E-state index in [4.69, 9.17) is 15.9 Å². The highest BCUT2D eigenvalue weighted by molar-refractivity contribution is 8.23. The smallest absolute Gasteiger partial charge is 0.338 e. The third-order valence-corrected chi connectivity index (χ3v) is 2.33. The first-order chi connectivity index (χ1) is 5.45. The van der Waals surface area contributed by atoms with Crippen LogP contribution in [-0.4, -0.2) is 38.1 Å². The van der Waals surface area contributed by atoms with Crippen molar-refractivity contribution in [3.05, 3.63) is 0 Å². The summed E-state index contributed by atoms with van der Waals surface area (Å²) in [5, 5.41) is 17.0. The topological polar surface area (TPSA) is 101 Å². The summed E-state index contributed by atoms with van der Waals surface area (Å²) < 4.78 is -0.165. The number of thiocarbonyl (C=S) groups is 1. The van der Waals surface area contributed by atoms with E-state index in [1.54, 1.807) is 0 Å². The second-order valence-corrected chi connectivity index (χ2v) is 3.53. The van der Waals surface area contributed by atoms with Gasteiger partial charge in [-0.25, -0.2) is 4.79 Å². The molecule has 1 unspecified atom stereocenters. The Balaban J connectivity index is 3.88. The van der Waals surface area contributed by atoms with Gasteiger partial charge in [0.1, 0.15) is 0 Å². The van der Waals surface area contributed by atoms with Crippen molar-refractivity contribution in [2.45, 2.75) is 6.10 Å². The second kappa shape index (κ2) is 5.07. The summed E-state index contributed by atoms with van der Waals surface area (Å²) in [5.74, 6) is -2.17. The van der Waals surface area contributed by atoms with Gasteiger partial charge >= 0.3 is 5.97 Å². The molecule has 5 nitrogen and oxygen atoms in total. The SMILES string of the molecule is NC(=O)CSC(=S)C(O)C(=O)O. The Morgan fingerprint density at radius 1 is 1.58 bits per heavy atom. The lowest BCUT2D eigenvalue weighted by atomic mass is 10.4. The summed E-state index contributed by atoms with van der Waals surface area (Å²) in [5.41, 5.74) is 4.77. The summed E-state index contributed by atoms with van der Waals surface area (Å²) in [4.78, 5) is 20.3. The number of hydrogen-bond donors (Lipinski definition) is 3. The minimum absolute atomic E-state index is 0.122. The Morgan fingerprint density at radius 3 is 2.42 bits per heavy atom. The summed E-state index contributed by atoms with van der Waals surface area (Å²) in [6, 6.07) is 0. The van der Waals surface area contributed by atoms with Gasteiger partial charge in [-0.1, -0.05) is 12.2 Å². The number of aliphatic hydroxyl groups excluding tert-OH is 1. The van der Waals surface area contributed by atoms with Gasteiger partial charge in [0, 0.05) is 0 Å². The molecule has 0 rings (SSSR count).